The standard InChI is InChI=1S/C15H10F3NO4/c1-23-14(20)12-7-3-6-11(13(12)19(21)22)9-4-2-5-10(8-9)15(16,17)18/h2-8H,1H3. The number of hydrogen-bond donors (Lipinski definition) is 0. The van der Waals surface area contributed by atoms with Gasteiger partial charge in [-0.15, -0.1) is 0 Å². The van der Waals surface area contributed by atoms with Crippen LogP contribution < -0.4 is 0 Å². The smallest absolute Gasteiger partial charge is 0.416 e. The lowest BCUT2D eigenvalue weighted by molar-refractivity contribution is -0.384. The minimum absolute atomic E-state index is 0.0164. The van der Waals surface area contributed by atoms with Crippen molar-refractivity contribution in [2.24, 2.45) is 0 Å². The molecule has 0 aliphatic carbocycles. The zero-order valence-electron chi connectivity index (χ0n) is 11.8. The van der Waals surface area contributed by atoms with Gasteiger partial charge >= 0.3 is 12.1 Å². The number of esters is 1. The van der Waals surface area contributed by atoms with Crippen LogP contribution in [0.1, 0.15) is 15.9 Å². The first kappa shape index (κ1) is 16.5. The molecule has 23 heavy (non-hydrogen) atoms. The van der Waals surface area contributed by atoms with Crippen molar-refractivity contribution in [2.75, 3.05) is 7.11 Å². The highest BCUT2D eigenvalue weighted by Crippen LogP contribution is 2.36. The number of para-hydroxylation sites is 1. The van der Waals surface area contributed by atoms with Crippen molar-refractivity contribution in [3.63, 3.8) is 0 Å². The maximum absolute atomic E-state index is 12.8. The monoisotopic (exact) mass is 325 g/mol. The number of nitro groups is 1. The van der Waals surface area contributed by atoms with E-state index in [1.165, 1.54) is 24.3 Å². The SMILES string of the molecule is COC(=O)c1cccc(-c2cccc(C(F)(F)F)c2)c1[N+](=O)[O-]. The average molecular weight is 325 g/mol. The summed E-state index contributed by atoms with van der Waals surface area (Å²) in [6.45, 7) is 0. The van der Waals surface area contributed by atoms with Crippen molar-refractivity contribution < 1.29 is 27.6 Å². The lowest BCUT2D eigenvalue weighted by atomic mass is 9.98. The van der Waals surface area contributed by atoms with Gasteiger partial charge in [-0.05, 0) is 29.8 Å². The number of nitrogens with zero attached hydrogens (tertiary/aromatic N) is 1. The first-order valence-corrected chi connectivity index (χ1v) is 6.29. The Labute approximate surface area is 128 Å². The van der Waals surface area contributed by atoms with Crippen LogP contribution in [0, 0.1) is 10.1 Å². The molecule has 5 nitrogen and oxygen atoms in total. The van der Waals surface area contributed by atoms with E-state index >= 15 is 0 Å². The molecule has 0 aliphatic rings. The molecule has 0 aromatic heterocycles. The van der Waals surface area contributed by atoms with E-state index in [1.807, 2.05) is 0 Å². The molecule has 0 aliphatic heterocycles. The predicted octanol–water partition coefficient (Wildman–Crippen LogP) is 4.07. The van der Waals surface area contributed by atoms with Crippen LogP contribution in [0.2, 0.25) is 0 Å². The van der Waals surface area contributed by atoms with Gasteiger partial charge in [-0.25, -0.2) is 4.79 Å². The Bertz CT molecular complexity index is 772. The summed E-state index contributed by atoms with van der Waals surface area (Å²) in [5.41, 5.74) is -1.97. The predicted molar refractivity (Wildman–Crippen MR) is 74.9 cm³/mol. The number of halogens is 3. The van der Waals surface area contributed by atoms with Gasteiger partial charge < -0.3 is 4.74 Å². The molecule has 0 bridgehead atoms. The van der Waals surface area contributed by atoms with Gasteiger partial charge in [-0.3, -0.25) is 10.1 Å². The fraction of sp³-hybridized carbons (Fsp3) is 0.133. The summed E-state index contributed by atoms with van der Waals surface area (Å²) in [6.07, 6.45) is -4.58. The molecule has 0 unspecified atom stereocenters. The third-order valence-corrected chi connectivity index (χ3v) is 3.12. The number of hydrogen-bond acceptors (Lipinski definition) is 4. The summed E-state index contributed by atoms with van der Waals surface area (Å²) in [7, 11) is 1.06. The maximum Gasteiger partial charge on any atom is 0.416 e. The van der Waals surface area contributed by atoms with Crippen LogP contribution in [0.25, 0.3) is 11.1 Å². The molecule has 0 atom stereocenters. The largest absolute Gasteiger partial charge is 0.465 e. The lowest BCUT2D eigenvalue weighted by Gasteiger charge is -2.10. The molecule has 0 heterocycles. The minimum atomic E-state index is -4.58. The van der Waals surface area contributed by atoms with Gasteiger partial charge in [0.25, 0.3) is 5.69 Å². The second-order valence-corrected chi connectivity index (χ2v) is 4.53. The van der Waals surface area contributed by atoms with Crippen molar-refractivity contribution in [1.82, 2.24) is 0 Å². The van der Waals surface area contributed by atoms with Crippen LogP contribution in [0.5, 0.6) is 0 Å². The summed E-state index contributed by atoms with van der Waals surface area (Å²) in [5.74, 6) is -0.939. The van der Waals surface area contributed by atoms with Crippen LogP contribution >= 0.6 is 0 Å². The highest BCUT2D eigenvalue weighted by Gasteiger charge is 2.32. The fourth-order valence-corrected chi connectivity index (χ4v) is 2.11. The molecular formula is C15H10F3NO4. The Morgan fingerprint density at radius 3 is 2.39 bits per heavy atom. The molecule has 120 valence electrons. The topological polar surface area (TPSA) is 69.4 Å². The fourth-order valence-electron chi connectivity index (χ4n) is 2.11. The van der Waals surface area contributed by atoms with Gasteiger partial charge in [0.15, 0.2) is 0 Å². The van der Waals surface area contributed by atoms with E-state index in [2.05, 4.69) is 4.74 Å². The van der Waals surface area contributed by atoms with Crippen molar-refractivity contribution in [3.05, 3.63) is 63.7 Å². The Morgan fingerprint density at radius 1 is 1.17 bits per heavy atom. The summed E-state index contributed by atoms with van der Waals surface area (Å²) in [5, 5.41) is 11.3. The molecule has 0 saturated heterocycles. The normalized spacial score (nSPS) is 11.1. The Kier molecular flexibility index (Phi) is 4.35. The lowest BCUT2D eigenvalue weighted by Crippen LogP contribution is -2.07. The van der Waals surface area contributed by atoms with Crippen LogP contribution in [0.15, 0.2) is 42.5 Å². The van der Waals surface area contributed by atoms with Gasteiger partial charge in [0, 0.05) is 0 Å². The van der Waals surface area contributed by atoms with E-state index < -0.39 is 28.3 Å². The molecule has 8 heteroatoms. The second-order valence-electron chi connectivity index (χ2n) is 4.53. The van der Waals surface area contributed by atoms with Crippen molar-refractivity contribution >= 4 is 11.7 Å². The number of carbonyl (C=O) groups excluding carboxylic acids is 1. The summed E-state index contributed by atoms with van der Waals surface area (Å²) in [4.78, 5) is 22.1. The zero-order valence-corrected chi connectivity index (χ0v) is 11.8. The van der Waals surface area contributed by atoms with E-state index in [1.54, 1.807) is 0 Å². The first-order valence-electron chi connectivity index (χ1n) is 6.29. The number of benzene rings is 2. The summed E-state index contributed by atoms with van der Waals surface area (Å²) in [6, 6.07) is 7.91. The van der Waals surface area contributed by atoms with Gasteiger partial charge in [0.2, 0.25) is 0 Å². The van der Waals surface area contributed by atoms with E-state index in [9.17, 15) is 28.1 Å². The van der Waals surface area contributed by atoms with E-state index in [-0.39, 0.29) is 16.7 Å². The molecular weight excluding hydrogens is 315 g/mol. The summed E-state index contributed by atoms with van der Waals surface area (Å²) >= 11 is 0. The van der Waals surface area contributed by atoms with Crippen molar-refractivity contribution in [2.45, 2.75) is 6.18 Å². The van der Waals surface area contributed by atoms with Crippen molar-refractivity contribution in [3.8, 4) is 11.1 Å². The quantitative estimate of drug-likeness (QED) is 0.484. The number of ether oxygens (including phenoxy) is 1. The highest BCUT2D eigenvalue weighted by molar-refractivity contribution is 5.97. The number of carbonyl (C=O) groups is 1. The maximum atomic E-state index is 12.8. The van der Waals surface area contributed by atoms with Gasteiger partial charge in [0.1, 0.15) is 5.56 Å². The van der Waals surface area contributed by atoms with Gasteiger partial charge in [0.05, 0.1) is 23.2 Å². The first-order chi connectivity index (χ1) is 10.8. The third kappa shape index (κ3) is 3.31. The van der Waals surface area contributed by atoms with E-state index in [0.29, 0.717) is 0 Å². The Hall–Kier alpha value is -2.90. The van der Waals surface area contributed by atoms with Gasteiger partial charge in [-0.2, -0.15) is 13.2 Å². The highest BCUT2D eigenvalue weighted by atomic mass is 19.4. The molecule has 0 fully saturated rings. The number of rotatable bonds is 3. The van der Waals surface area contributed by atoms with E-state index in [0.717, 1.165) is 25.3 Å². The Balaban J connectivity index is 2.69. The molecule has 0 saturated carbocycles. The Morgan fingerprint density at radius 2 is 1.83 bits per heavy atom. The molecule has 0 spiro atoms. The number of methoxy groups -OCH3 is 1. The second kappa shape index (κ2) is 6.07. The number of alkyl halides is 3. The zero-order chi connectivity index (χ0) is 17.2. The molecule has 0 N–H and O–H groups in total. The van der Waals surface area contributed by atoms with Crippen LogP contribution in [-0.4, -0.2) is 18.0 Å². The van der Waals surface area contributed by atoms with Crippen molar-refractivity contribution in [1.29, 1.82) is 0 Å². The molecule has 0 radical (unpaired) electrons. The number of nitro benzene ring substituents is 1. The van der Waals surface area contributed by atoms with Crippen LogP contribution in [0.4, 0.5) is 18.9 Å². The van der Waals surface area contributed by atoms with Crippen LogP contribution in [0.3, 0.4) is 0 Å². The molecule has 2 aromatic carbocycles. The van der Waals surface area contributed by atoms with Crippen LogP contribution in [-0.2, 0) is 10.9 Å². The molecule has 0 amide bonds. The van der Waals surface area contributed by atoms with Gasteiger partial charge in [-0.1, -0.05) is 18.2 Å². The average Bonchev–Trinajstić information content (AvgIpc) is 2.52. The minimum Gasteiger partial charge on any atom is -0.465 e. The third-order valence-electron chi connectivity index (χ3n) is 3.12. The molecule has 2 rings (SSSR count). The summed E-state index contributed by atoms with van der Waals surface area (Å²) < 4.78 is 42.9. The van der Waals surface area contributed by atoms with E-state index in [4.69, 9.17) is 0 Å². The molecule has 2 aromatic rings.